The van der Waals surface area contributed by atoms with Crippen LogP contribution < -0.4 is 15.0 Å². The third-order valence-corrected chi connectivity index (χ3v) is 5.04. The summed E-state index contributed by atoms with van der Waals surface area (Å²) < 4.78 is 5.71. The number of rotatable bonds is 4. The predicted octanol–water partition coefficient (Wildman–Crippen LogP) is 2.97. The van der Waals surface area contributed by atoms with E-state index in [0.29, 0.717) is 16.5 Å². The van der Waals surface area contributed by atoms with Gasteiger partial charge in [0.2, 0.25) is 5.91 Å². The van der Waals surface area contributed by atoms with Crippen molar-refractivity contribution in [2.24, 2.45) is 0 Å². The van der Waals surface area contributed by atoms with Gasteiger partial charge in [0.05, 0.1) is 18.0 Å². The van der Waals surface area contributed by atoms with Crippen LogP contribution in [-0.4, -0.2) is 37.3 Å². The number of carbonyl (C=O) groups excluding carboxylic acids is 2. The smallest absolute Gasteiger partial charge is 0.262 e. The van der Waals surface area contributed by atoms with Crippen molar-refractivity contribution in [3.05, 3.63) is 53.6 Å². The lowest BCUT2D eigenvalue weighted by molar-refractivity contribution is -0.127. The number of ether oxygens (including phenoxy) is 1. The zero-order valence-corrected chi connectivity index (χ0v) is 15.1. The van der Waals surface area contributed by atoms with Crippen LogP contribution in [0.1, 0.15) is 0 Å². The van der Waals surface area contributed by atoms with E-state index in [1.165, 1.54) is 11.8 Å². The summed E-state index contributed by atoms with van der Waals surface area (Å²) in [6.45, 7) is 0.191. The Bertz CT molecular complexity index is 782. The Morgan fingerprint density at radius 2 is 1.96 bits per heavy atom. The van der Waals surface area contributed by atoms with Gasteiger partial charge in [0.25, 0.3) is 5.91 Å². The largest absolute Gasteiger partial charge is 0.477 e. The molecule has 0 spiro atoms. The Morgan fingerprint density at radius 1 is 1.24 bits per heavy atom. The molecule has 1 heterocycles. The average Bonchev–Trinajstić information content (AvgIpc) is 2.65. The molecule has 1 aliphatic heterocycles. The van der Waals surface area contributed by atoms with Gasteiger partial charge in [-0.3, -0.25) is 9.59 Å². The summed E-state index contributed by atoms with van der Waals surface area (Å²) in [4.78, 5) is 27.3. The van der Waals surface area contributed by atoms with Gasteiger partial charge in [-0.1, -0.05) is 23.7 Å². The van der Waals surface area contributed by atoms with Crippen molar-refractivity contribution in [1.29, 1.82) is 0 Å². The molecule has 0 aliphatic carbocycles. The molecule has 1 N–H and O–H groups in total. The number of nitrogens with zero attached hydrogens (tertiary/aromatic N) is 1. The molecule has 0 fully saturated rings. The van der Waals surface area contributed by atoms with Crippen LogP contribution in [0.15, 0.2) is 53.4 Å². The quantitative estimate of drug-likeness (QED) is 0.833. The number of anilines is 1. The lowest BCUT2D eigenvalue weighted by Gasteiger charge is -2.34. The van der Waals surface area contributed by atoms with Gasteiger partial charge in [-0.15, -0.1) is 11.8 Å². The minimum absolute atomic E-state index is 0.0791. The minimum atomic E-state index is -0.718. The van der Waals surface area contributed by atoms with E-state index in [1.54, 1.807) is 30.1 Å². The fourth-order valence-corrected chi connectivity index (χ4v) is 3.42. The van der Waals surface area contributed by atoms with Crippen LogP contribution in [0.5, 0.6) is 5.75 Å². The minimum Gasteiger partial charge on any atom is -0.477 e. The van der Waals surface area contributed by atoms with Crippen LogP contribution >= 0.6 is 23.4 Å². The number of halogens is 1. The second-order valence-electron chi connectivity index (χ2n) is 5.44. The molecule has 2 aromatic carbocycles. The van der Waals surface area contributed by atoms with Gasteiger partial charge in [-0.05, 0) is 36.4 Å². The molecule has 0 saturated heterocycles. The van der Waals surface area contributed by atoms with Crippen molar-refractivity contribution in [3.63, 3.8) is 0 Å². The van der Waals surface area contributed by atoms with Crippen molar-refractivity contribution < 1.29 is 14.3 Å². The van der Waals surface area contributed by atoms with Crippen molar-refractivity contribution >= 4 is 40.9 Å². The molecular formula is C18H17ClN2O3S. The Kier molecular flexibility index (Phi) is 5.50. The summed E-state index contributed by atoms with van der Waals surface area (Å²) in [5.41, 5.74) is 0.685. The molecule has 0 saturated carbocycles. The molecule has 3 rings (SSSR count). The van der Waals surface area contributed by atoms with E-state index < -0.39 is 6.10 Å². The number of thioether (sulfide) groups is 1. The van der Waals surface area contributed by atoms with Crippen LogP contribution in [0.25, 0.3) is 0 Å². The molecule has 0 radical (unpaired) electrons. The van der Waals surface area contributed by atoms with E-state index in [0.717, 1.165) is 4.90 Å². The molecule has 25 heavy (non-hydrogen) atoms. The van der Waals surface area contributed by atoms with Gasteiger partial charge in [-0.2, -0.15) is 0 Å². The molecule has 1 unspecified atom stereocenters. The highest BCUT2D eigenvalue weighted by molar-refractivity contribution is 8.00. The second kappa shape index (κ2) is 7.80. The van der Waals surface area contributed by atoms with Gasteiger partial charge in [0, 0.05) is 17.0 Å². The summed E-state index contributed by atoms with van der Waals surface area (Å²) >= 11 is 7.31. The third-order valence-electron chi connectivity index (χ3n) is 3.79. The van der Waals surface area contributed by atoms with E-state index in [2.05, 4.69) is 5.32 Å². The maximum absolute atomic E-state index is 12.7. The summed E-state index contributed by atoms with van der Waals surface area (Å²) in [6, 6.07) is 14.6. The van der Waals surface area contributed by atoms with E-state index in [-0.39, 0.29) is 24.1 Å². The maximum Gasteiger partial charge on any atom is 0.262 e. The van der Waals surface area contributed by atoms with E-state index in [9.17, 15) is 9.59 Å². The number of carbonyl (C=O) groups is 2. The highest BCUT2D eigenvalue weighted by Gasteiger charge is 2.33. The monoisotopic (exact) mass is 376 g/mol. The third kappa shape index (κ3) is 4.08. The number of hydrogen-bond donors (Lipinski definition) is 1. The molecule has 5 nitrogen and oxygen atoms in total. The van der Waals surface area contributed by atoms with E-state index >= 15 is 0 Å². The lowest BCUT2D eigenvalue weighted by atomic mass is 10.2. The Hall–Kier alpha value is -2.18. The zero-order chi connectivity index (χ0) is 17.8. The van der Waals surface area contributed by atoms with Crippen molar-refractivity contribution in [1.82, 2.24) is 5.32 Å². The first-order valence-electron chi connectivity index (χ1n) is 7.74. The van der Waals surface area contributed by atoms with Crippen LogP contribution in [0.3, 0.4) is 0 Å². The molecule has 0 aromatic heterocycles. The molecular weight excluding hydrogens is 360 g/mol. The van der Waals surface area contributed by atoms with E-state index in [4.69, 9.17) is 16.3 Å². The van der Waals surface area contributed by atoms with Crippen LogP contribution in [0.2, 0.25) is 5.02 Å². The topological polar surface area (TPSA) is 58.6 Å². The Morgan fingerprint density at radius 3 is 2.68 bits per heavy atom. The van der Waals surface area contributed by atoms with Crippen molar-refractivity contribution in [3.8, 4) is 5.75 Å². The summed E-state index contributed by atoms with van der Waals surface area (Å²) in [7, 11) is 1.55. The van der Waals surface area contributed by atoms with Gasteiger partial charge in [0.15, 0.2) is 6.10 Å². The van der Waals surface area contributed by atoms with Gasteiger partial charge >= 0.3 is 0 Å². The number of para-hydroxylation sites is 2. The number of nitrogens with one attached hydrogen (secondary N) is 1. The second-order valence-corrected chi connectivity index (χ2v) is 6.92. The lowest BCUT2D eigenvalue weighted by Crippen LogP contribution is -2.50. The molecule has 2 amide bonds. The molecule has 0 bridgehead atoms. The molecule has 1 atom stereocenters. The van der Waals surface area contributed by atoms with Gasteiger partial charge < -0.3 is 15.0 Å². The highest BCUT2D eigenvalue weighted by Crippen LogP contribution is 2.34. The molecule has 1 aliphatic rings. The van der Waals surface area contributed by atoms with Crippen molar-refractivity contribution in [2.45, 2.75) is 11.0 Å². The van der Waals surface area contributed by atoms with Crippen LogP contribution in [0.4, 0.5) is 5.69 Å². The fraction of sp³-hybridized carbons (Fsp3) is 0.222. The van der Waals surface area contributed by atoms with E-state index in [1.807, 2.05) is 30.3 Å². The normalized spacial score (nSPS) is 15.9. The summed E-state index contributed by atoms with van der Waals surface area (Å²) in [5.74, 6) is 0.464. The number of likely N-dealkylation sites (N-methyl/N-ethyl adjacent to an activating group) is 1. The molecule has 130 valence electrons. The zero-order valence-electron chi connectivity index (χ0n) is 13.6. The van der Waals surface area contributed by atoms with Gasteiger partial charge in [0.1, 0.15) is 5.75 Å². The van der Waals surface area contributed by atoms with Crippen LogP contribution in [-0.2, 0) is 9.59 Å². The first-order chi connectivity index (χ1) is 12.1. The summed E-state index contributed by atoms with van der Waals surface area (Å²) in [5, 5.41) is 3.23. The molecule has 7 heteroatoms. The summed E-state index contributed by atoms with van der Waals surface area (Å²) in [6.07, 6.45) is -0.718. The number of hydrogen-bond acceptors (Lipinski definition) is 4. The maximum atomic E-state index is 12.7. The number of benzene rings is 2. The van der Waals surface area contributed by atoms with Gasteiger partial charge in [-0.25, -0.2) is 0 Å². The Balaban J connectivity index is 1.75. The highest BCUT2D eigenvalue weighted by atomic mass is 35.5. The predicted molar refractivity (Wildman–Crippen MR) is 99.5 cm³/mol. The standard InChI is InChI=1S/C18H17ClN2O3S/c1-20-18(23)16-10-21(14-4-2-3-5-15(14)24-16)17(22)11-25-13-8-6-12(19)7-9-13/h2-9,16H,10-11H2,1H3,(H,20,23). The van der Waals surface area contributed by atoms with Crippen LogP contribution in [0, 0.1) is 0 Å². The number of amides is 2. The van der Waals surface area contributed by atoms with Crippen molar-refractivity contribution in [2.75, 3.05) is 24.2 Å². The SMILES string of the molecule is CNC(=O)C1CN(C(=O)CSc2ccc(Cl)cc2)c2ccccc2O1. The fourth-order valence-electron chi connectivity index (χ4n) is 2.52. The molecule has 2 aromatic rings. The average molecular weight is 377 g/mol. The Labute approximate surface area is 155 Å². The number of fused-ring (bicyclic) bond motifs is 1. The first kappa shape index (κ1) is 17.6. The first-order valence-corrected chi connectivity index (χ1v) is 9.11.